The van der Waals surface area contributed by atoms with E-state index < -0.39 is 18.0 Å². The number of urea groups is 1. The van der Waals surface area contributed by atoms with E-state index in [1.54, 1.807) is 0 Å². The van der Waals surface area contributed by atoms with Crippen LogP contribution < -0.4 is 15.3 Å². The highest BCUT2D eigenvalue weighted by Crippen LogP contribution is 2.27. The normalized spacial score (nSPS) is 15.0. The van der Waals surface area contributed by atoms with Gasteiger partial charge in [0.2, 0.25) is 5.95 Å². The molecule has 0 aliphatic carbocycles. The lowest BCUT2D eigenvalue weighted by atomic mass is 10.0. The summed E-state index contributed by atoms with van der Waals surface area (Å²) in [5.74, 6) is -0.577. The number of aromatic nitrogens is 2. The fourth-order valence-corrected chi connectivity index (χ4v) is 2.89. The minimum atomic E-state index is -1.26. The zero-order valence-electron chi connectivity index (χ0n) is 13.2. The highest BCUT2D eigenvalue weighted by Gasteiger charge is 2.29. The second kappa shape index (κ2) is 5.91. The molecule has 3 rings (SSSR count). The molecule has 0 bridgehead atoms. The molecule has 0 unspecified atom stereocenters. The molecule has 7 nitrogen and oxygen atoms in total. The van der Waals surface area contributed by atoms with Gasteiger partial charge in [0.1, 0.15) is 0 Å². The van der Waals surface area contributed by atoms with Crippen LogP contribution in [0.4, 0.5) is 10.7 Å². The van der Waals surface area contributed by atoms with Crippen LogP contribution in [0.15, 0.2) is 24.3 Å². The molecule has 2 aromatic rings. The number of fused-ring (bicyclic) bond motifs is 3. The monoisotopic (exact) mass is 315 g/mol. The molecule has 1 atom stereocenters. The van der Waals surface area contributed by atoms with Gasteiger partial charge in [0, 0.05) is 13.1 Å². The van der Waals surface area contributed by atoms with Crippen LogP contribution in [0.1, 0.15) is 20.3 Å². The summed E-state index contributed by atoms with van der Waals surface area (Å²) in [5, 5.41) is 13.8. The second-order valence-electron chi connectivity index (χ2n) is 6.15. The van der Waals surface area contributed by atoms with Crippen molar-refractivity contribution >= 4 is 29.0 Å². The Morgan fingerprint density at radius 2 is 2.04 bits per heavy atom. The van der Waals surface area contributed by atoms with E-state index in [2.05, 4.69) is 10.3 Å². The van der Waals surface area contributed by atoms with E-state index in [4.69, 9.17) is 0 Å². The molecule has 1 aliphatic heterocycles. The van der Waals surface area contributed by atoms with Crippen molar-refractivity contribution in [2.45, 2.75) is 32.9 Å². The molecule has 2 amide bonds. The number of carboxylic acid groups (broad SMARTS) is 1. The largest absolute Gasteiger partial charge is 0.548 e. The molecule has 1 aromatic carbocycles. The van der Waals surface area contributed by atoms with Crippen LogP contribution in [0.25, 0.3) is 11.0 Å². The Kier molecular flexibility index (Phi) is 3.94. The van der Waals surface area contributed by atoms with Gasteiger partial charge in [-0.1, -0.05) is 26.0 Å². The van der Waals surface area contributed by atoms with Crippen LogP contribution in [0.3, 0.4) is 0 Å². The number of anilines is 1. The number of nitrogens with one attached hydrogen (secondary N) is 1. The van der Waals surface area contributed by atoms with Crippen LogP contribution in [-0.2, 0) is 11.3 Å². The van der Waals surface area contributed by atoms with Gasteiger partial charge in [0.25, 0.3) is 0 Å². The van der Waals surface area contributed by atoms with Crippen molar-refractivity contribution in [3.63, 3.8) is 0 Å². The molecule has 0 saturated carbocycles. The van der Waals surface area contributed by atoms with Crippen LogP contribution in [0, 0.1) is 5.92 Å². The van der Waals surface area contributed by atoms with Gasteiger partial charge in [0.05, 0.1) is 23.0 Å². The number of benzene rings is 1. The predicted molar refractivity (Wildman–Crippen MR) is 83.9 cm³/mol. The van der Waals surface area contributed by atoms with E-state index in [-0.39, 0.29) is 5.92 Å². The average Bonchev–Trinajstić information content (AvgIpc) is 3.04. The van der Waals surface area contributed by atoms with E-state index in [0.29, 0.717) is 25.5 Å². The summed E-state index contributed by atoms with van der Waals surface area (Å²) < 4.78 is 1.96. The number of hydrogen-bond acceptors (Lipinski definition) is 4. The Bertz CT molecular complexity index is 753. The molecule has 122 valence electrons. The van der Waals surface area contributed by atoms with Crippen molar-refractivity contribution in [2.75, 3.05) is 11.4 Å². The van der Waals surface area contributed by atoms with Crippen LogP contribution >= 0.6 is 0 Å². The summed E-state index contributed by atoms with van der Waals surface area (Å²) in [6, 6.07) is 6.21. The molecule has 1 aromatic heterocycles. The lowest BCUT2D eigenvalue weighted by molar-refractivity contribution is -0.308. The molecule has 0 saturated heterocycles. The maximum Gasteiger partial charge on any atom is 0.324 e. The van der Waals surface area contributed by atoms with Gasteiger partial charge in [0.15, 0.2) is 0 Å². The standard InChI is InChI=1S/C16H20N4O3/c1-10(2)9-12(14(21)22)18-16(23)20-8-7-19-13-6-4-3-5-11(13)17-15(19)20/h3-6,10,12H,7-9H2,1-2H3,(H,18,23)(H,21,22)/p-1/t12-/m0/s1. The molecule has 2 heterocycles. The van der Waals surface area contributed by atoms with Gasteiger partial charge >= 0.3 is 6.03 Å². The molecular formula is C16H19N4O3-. The summed E-state index contributed by atoms with van der Waals surface area (Å²) in [6.45, 7) is 4.92. The third kappa shape index (κ3) is 2.86. The molecule has 7 heteroatoms. The predicted octanol–water partition coefficient (Wildman–Crippen LogP) is 0.730. The first kappa shape index (κ1) is 15.3. The van der Waals surface area contributed by atoms with Gasteiger partial charge in [-0.25, -0.2) is 9.78 Å². The molecule has 0 spiro atoms. The summed E-state index contributed by atoms with van der Waals surface area (Å²) >= 11 is 0. The number of hydrogen-bond donors (Lipinski definition) is 1. The lowest BCUT2D eigenvalue weighted by Crippen LogP contribution is -2.52. The number of carbonyl (C=O) groups excluding carboxylic acids is 2. The van der Waals surface area contributed by atoms with Crippen molar-refractivity contribution in [1.82, 2.24) is 14.9 Å². The number of amides is 2. The van der Waals surface area contributed by atoms with Gasteiger partial charge in [-0.05, 0) is 24.5 Å². The smallest absolute Gasteiger partial charge is 0.324 e. The number of carboxylic acids is 1. The number of carbonyl (C=O) groups is 2. The minimum Gasteiger partial charge on any atom is -0.548 e. The summed E-state index contributed by atoms with van der Waals surface area (Å²) in [4.78, 5) is 29.6. The quantitative estimate of drug-likeness (QED) is 0.900. The van der Waals surface area contributed by atoms with Crippen molar-refractivity contribution in [3.8, 4) is 0 Å². The highest BCUT2D eigenvalue weighted by molar-refractivity contribution is 5.95. The minimum absolute atomic E-state index is 0.140. The molecular weight excluding hydrogens is 296 g/mol. The zero-order valence-corrected chi connectivity index (χ0v) is 13.2. The first-order valence-electron chi connectivity index (χ1n) is 7.71. The van der Waals surface area contributed by atoms with Gasteiger partial charge < -0.3 is 19.8 Å². The Balaban J connectivity index is 1.81. The fraction of sp³-hybridized carbons (Fsp3) is 0.438. The fourth-order valence-electron chi connectivity index (χ4n) is 2.89. The lowest BCUT2D eigenvalue weighted by Gasteiger charge is -2.24. The number of rotatable bonds is 4. The first-order valence-corrected chi connectivity index (χ1v) is 7.71. The third-order valence-electron chi connectivity index (χ3n) is 3.96. The molecule has 0 fully saturated rings. The molecule has 1 aliphatic rings. The number of aliphatic carboxylic acids is 1. The molecule has 1 N–H and O–H groups in total. The van der Waals surface area contributed by atoms with Crippen LogP contribution in [-0.4, -0.2) is 34.1 Å². The van der Waals surface area contributed by atoms with E-state index >= 15 is 0 Å². The van der Waals surface area contributed by atoms with Crippen LogP contribution in [0.5, 0.6) is 0 Å². The SMILES string of the molecule is CC(C)C[C@H](NC(=O)N1CCn2c1nc1ccccc12)C(=O)[O-]. The van der Waals surface area contributed by atoms with Gasteiger partial charge in [-0.2, -0.15) is 0 Å². The number of para-hydroxylation sites is 2. The van der Waals surface area contributed by atoms with E-state index in [0.717, 1.165) is 11.0 Å². The average molecular weight is 315 g/mol. The Labute approximate surface area is 133 Å². The first-order chi connectivity index (χ1) is 11.0. The highest BCUT2D eigenvalue weighted by atomic mass is 16.4. The van der Waals surface area contributed by atoms with Crippen LogP contribution in [0.2, 0.25) is 0 Å². The van der Waals surface area contributed by atoms with E-state index in [1.807, 2.05) is 42.7 Å². The number of nitrogens with zero attached hydrogens (tertiary/aromatic N) is 3. The summed E-state index contributed by atoms with van der Waals surface area (Å²) in [5.41, 5.74) is 1.79. The second-order valence-corrected chi connectivity index (χ2v) is 6.15. The van der Waals surface area contributed by atoms with Gasteiger partial charge in [-0.15, -0.1) is 0 Å². The van der Waals surface area contributed by atoms with E-state index in [9.17, 15) is 14.7 Å². The van der Waals surface area contributed by atoms with E-state index in [1.165, 1.54) is 4.90 Å². The third-order valence-corrected chi connectivity index (χ3v) is 3.96. The Morgan fingerprint density at radius 3 is 2.74 bits per heavy atom. The topological polar surface area (TPSA) is 90.3 Å². The van der Waals surface area contributed by atoms with Crippen molar-refractivity contribution < 1.29 is 14.7 Å². The maximum absolute atomic E-state index is 12.5. The summed E-state index contributed by atoms with van der Waals surface area (Å²) in [7, 11) is 0. The van der Waals surface area contributed by atoms with Gasteiger partial charge in [-0.3, -0.25) is 4.90 Å². The van der Waals surface area contributed by atoms with Crippen molar-refractivity contribution in [2.24, 2.45) is 5.92 Å². The van der Waals surface area contributed by atoms with Crippen molar-refractivity contribution in [3.05, 3.63) is 24.3 Å². The summed E-state index contributed by atoms with van der Waals surface area (Å²) in [6.07, 6.45) is 0.332. The Morgan fingerprint density at radius 1 is 1.30 bits per heavy atom. The Hall–Kier alpha value is -2.57. The number of imidazole rings is 1. The molecule has 23 heavy (non-hydrogen) atoms. The zero-order chi connectivity index (χ0) is 16.6. The molecule has 0 radical (unpaired) electrons. The maximum atomic E-state index is 12.5. The van der Waals surface area contributed by atoms with Crippen molar-refractivity contribution in [1.29, 1.82) is 0 Å².